The van der Waals surface area contributed by atoms with Crippen LogP contribution in [0.4, 0.5) is 5.69 Å². The summed E-state index contributed by atoms with van der Waals surface area (Å²) >= 11 is 12.2. The number of ether oxygens (including phenoxy) is 1. The quantitative estimate of drug-likeness (QED) is 0.340. The van der Waals surface area contributed by atoms with Gasteiger partial charge in [-0.15, -0.1) is 0 Å². The van der Waals surface area contributed by atoms with Gasteiger partial charge in [-0.1, -0.05) is 23.4 Å². The molecule has 0 spiro atoms. The number of benzene rings is 2. The van der Waals surface area contributed by atoms with Crippen LogP contribution in [0.1, 0.15) is 12.7 Å². The maximum Gasteiger partial charge on any atom is 0.264 e. The molecule has 3 aromatic rings. The molecular weight excluding hydrogens is 520 g/mol. The number of nitrogens with one attached hydrogen (secondary N) is 1. The van der Waals surface area contributed by atoms with Crippen LogP contribution in [0.15, 0.2) is 83.4 Å². The second-order valence-corrected chi connectivity index (χ2v) is 9.62. The predicted octanol–water partition coefficient (Wildman–Crippen LogP) is 7.14. The van der Waals surface area contributed by atoms with E-state index in [9.17, 15) is 4.79 Å². The number of carbonyl (C=O) groups excluding carboxylic acids is 1. The number of amides is 1. The van der Waals surface area contributed by atoms with E-state index < -0.39 is 0 Å². The van der Waals surface area contributed by atoms with Crippen LogP contribution < -0.4 is 10.1 Å². The summed E-state index contributed by atoms with van der Waals surface area (Å²) in [4.78, 5) is 18.3. The molecule has 0 bridgehead atoms. The van der Waals surface area contributed by atoms with Crippen molar-refractivity contribution in [3.8, 4) is 5.75 Å². The van der Waals surface area contributed by atoms with Gasteiger partial charge in [0.25, 0.3) is 5.91 Å². The average Bonchev–Trinajstić information content (AvgIpc) is 3.27. The monoisotopic (exact) mass is 534 g/mol. The molecule has 9 heteroatoms. The number of nitrogens with zero attached hydrogens (tertiary/aromatic N) is 1. The number of carbonyl (C=O) groups is 1. The molecule has 5 nitrogen and oxygen atoms in total. The first-order valence-electron chi connectivity index (χ1n) is 9.25. The van der Waals surface area contributed by atoms with E-state index in [0.717, 1.165) is 20.8 Å². The molecule has 1 aliphatic rings. The van der Waals surface area contributed by atoms with E-state index in [1.54, 1.807) is 6.08 Å². The molecule has 0 saturated carbocycles. The van der Waals surface area contributed by atoms with Gasteiger partial charge in [-0.25, -0.2) is 4.99 Å². The lowest BCUT2D eigenvalue weighted by Crippen LogP contribution is -2.19. The van der Waals surface area contributed by atoms with Crippen molar-refractivity contribution in [3.05, 3.63) is 74.8 Å². The zero-order chi connectivity index (χ0) is 21.8. The van der Waals surface area contributed by atoms with Crippen LogP contribution in [-0.4, -0.2) is 17.7 Å². The lowest BCUT2D eigenvalue weighted by atomic mass is 10.3. The highest BCUT2D eigenvalue weighted by Gasteiger charge is 2.24. The Labute approximate surface area is 201 Å². The van der Waals surface area contributed by atoms with Gasteiger partial charge < -0.3 is 14.5 Å². The highest BCUT2D eigenvalue weighted by atomic mass is 79.9. The molecular formula is C22H16BrClN2O3S2. The van der Waals surface area contributed by atoms with Crippen LogP contribution in [-0.2, 0) is 4.79 Å². The Morgan fingerprint density at radius 3 is 2.68 bits per heavy atom. The summed E-state index contributed by atoms with van der Waals surface area (Å²) in [7, 11) is 0. The number of aliphatic imine (C=N–C) groups is 1. The molecule has 1 fully saturated rings. The zero-order valence-corrected chi connectivity index (χ0v) is 20.2. The van der Waals surface area contributed by atoms with Crippen LogP contribution in [0.2, 0.25) is 5.02 Å². The molecule has 2 heterocycles. The molecule has 4 rings (SSSR count). The van der Waals surface area contributed by atoms with E-state index >= 15 is 0 Å². The van der Waals surface area contributed by atoms with Crippen LogP contribution >= 0.6 is 51.1 Å². The fourth-order valence-corrected chi connectivity index (χ4v) is 4.91. The summed E-state index contributed by atoms with van der Waals surface area (Å²) in [6.07, 6.45) is 1.71. The number of rotatable bonds is 6. The topological polar surface area (TPSA) is 63.8 Å². The highest BCUT2D eigenvalue weighted by Crippen LogP contribution is 2.38. The van der Waals surface area contributed by atoms with E-state index in [0.29, 0.717) is 32.6 Å². The molecule has 0 aliphatic carbocycles. The van der Waals surface area contributed by atoms with E-state index in [2.05, 4.69) is 26.2 Å². The van der Waals surface area contributed by atoms with Crippen LogP contribution in [0, 0.1) is 0 Å². The Bertz CT molecular complexity index is 1160. The molecule has 0 atom stereocenters. The van der Waals surface area contributed by atoms with Crippen molar-refractivity contribution in [2.75, 3.05) is 6.61 Å². The number of furan rings is 1. The van der Waals surface area contributed by atoms with Crippen molar-refractivity contribution in [1.29, 1.82) is 0 Å². The highest BCUT2D eigenvalue weighted by molar-refractivity contribution is 9.10. The third-order valence-corrected chi connectivity index (χ3v) is 7.01. The van der Waals surface area contributed by atoms with Crippen molar-refractivity contribution in [2.24, 2.45) is 4.99 Å². The standard InChI is InChI=1S/C22H16BrClN2O3S2/c1-2-28-15-7-5-14(6-8-15)25-22-26-20(27)19(31-22)12-16-11-18(23)21(29-16)30-17-9-3-13(24)4-10-17/h3-12H,2H2,1H3,(H,25,26,27). The number of thioether (sulfide) groups is 1. The molecule has 0 unspecified atom stereocenters. The summed E-state index contributed by atoms with van der Waals surface area (Å²) < 4.78 is 12.2. The first-order valence-corrected chi connectivity index (χ1v) is 12.1. The molecule has 1 aliphatic heterocycles. The van der Waals surface area contributed by atoms with Crippen LogP contribution in [0.3, 0.4) is 0 Å². The second-order valence-electron chi connectivity index (χ2n) is 6.25. The number of hydrogen-bond donors (Lipinski definition) is 1. The zero-order valence-electron chi connectivity index (χ0n) is 16.2. The fourth-order valence-electron chi connectivity index (χ4n) is 2.63. The molecule has 1 saturated heterocycles. The van der Waals surface area contributed by atoms with Crippen molar-refractivity contribution in [1.82, 2.24) is 5.32 Å². The predicted molar refractivity (Wildman–Crippen MR) is 130 cm³/mol. The van der Waals surface area contributed by atoms with E-state index in [1.807, 2.05) is 61.5 Å². The van der Waals surface area contributed by atoms with Gasteiger partial charge >= 0.3 is 0 Å². The van der Waals surface area contributed by atoms with Crippen molar-refractivity contribution in [2.45, 2.75) is 16.9 Å². The Balaban J connectivity index is 1.47. The molecule has 31 heavy (non-hydrogen) atoms. The minimum atomic E-state index is -0.214. The van der Waals surface area contributed by atoms with Crippen molar-refractivity contribution in [3.63, 3.8) is 0 Å². The maximum atomic E-state index is 12.4. The van der Waals surface area contributed by atoms with Gasteiger partial charge in [-0.05, 0) is 89.2 Å². The Morgan fingerprint density at radius 2 is 1.97 bits per heavy atom. The van der Waals surface area contributed by atoms with Gasteiger partial charge in [0.05, 0.1) is 21.7 Å². The normalized spacial score (nSPS) is 16.2. The van der Waals surface area contributed by atoms with E-state index in [4.69, 9.17) is 20.8 Å². The van der Waals surface area contributed by atoms with Gasteiger partial charge in [0.1, 0.15) is 11.5 Å². The SMILES string of the molecule is CCOc1ccc(N=C2NC(=O)C(=Cc3cc(Br)c(Sc4ccc(Cl)cc4)o3)S2)cc1. The lowest BCUT2D eigenvalue weighted by Gasteiger charge is -2.02. The third-order valence-electron chi connectivity index (χ3n) is 4.00. The fraction of sp³-hybridized carbons (Fsp3) is 0.0909. The average molecular weight is 536 g/mol. The Kier molecular flexibility index (Phi) is 7.12. The van der Waals surface area contributed by atoms with Crippen LogP contribution in [0.25, 0.3) is 6.08 Å². The smallest absolute Gasteiger partial charge is 0.264 e. The number of hydrogen-bond acceptors (Lipinski definition) is 6. The van der Waals surface area contributed by atoms with E-state index in [-0.39, 0.29) is 5.91 Å². The minimum absolute atomic E-state index is 0.214. The maximum absolute atomic E-state index is 12.4. The van der Waals surface area contributed by atoms with Crippen molar-refractivity contribution < 1.29 is 13.9 Å². The minimum Gasteiger partial charge on any atom is -0.494 e. The van der Waals surface area contributed by atoms with Crippen molar-refractivity contribution >= 4 is 73.9 Å². The second kappa shape index (κ2) is 9.99. The summed E-state index contributed by atoms with van der Waals surface area (Å²) in [5.74, 6) is 1.14. The molecule has 1 aromatic heterocycles. The van der Waals surface area contributed by atoms with Crippen LogP contribution in [0.5, 0.6) is 5.75 Å². The summed E-state index contributed by atoms with van der Waals surface area (Å²) in [6, 6.07) is 16.7. The number of amidine groups is 1. The molecule has 1 amide bonds. The molecule has 0 radical (unpaired) electrons. The van der Waals surface area contributed by atoms with Gasteiger partial charge in [0, 0.05) is 16.0 Å². The molecule has 158 valence electrons. The van der Waals surface area contributed by atoms with Gasteiger partial charge in [-0.2, -0.15) is 0 Å². The van der Waals surface area contributed by atoms with Gasteiger partial charge in [0.2, 0.25) is 0 Å². The summed E-state index contributed by atoms with van der Waals surface area (Å²) in [5, 5.41) is 4.67. The molecule has 2 aromatic carbocycles. The summed E-state index contributed by atoms with van der Waals surface area (Å²) in [6.45, 7) is 2.54. The largest absolute Gasteiger partial charge is 0.494 e. The Hall–Kier alpha value is -2.13. The first-order chi connectivity index (χ1) is 15.0. The first kappa shape index (κ1) is 22.1. The van der Waals surface area contributed by atoms with E-state index in [1.165, 1.54) is 23.5 Å². The lowest BCUT2D eigenvalue weighted by molar-refractivity contribution is -0.115. The van der Waals surface area contributed by atoms with Gasteiger partial charge in [0.15, 0.2) is 10.3 Å². The van der Waals surface area contributed by atoms with Gasteiger partial charge in [-0.3, -0.25) is 4.79 Å². The third kappa shape index (κ3) is 5.77. The number of halogens is 2. The summed E-state index contributed by atoms with van der Waals surface area (Å²) in [5.41, 5.74) is 0.731. The molecule has 1 N–H and O–H groups in total. The Morgan fingerprint density at radius 1 is 1.23 bits per heavy atom.